The minimum Gasteiger partial charge on any atom is -0.351 e. The Morgan fingerprint density at radius 1 is 1.15 bits per heavy atom. The van der Waals surface area contributed by atoms with Gasteiger partial charge in [0.05, 0.1) is 0 Å². The summed E-state index contributed by atoms with van der Waals surface area (Å²) in [5.74, 6) is 0. The summed E-state index contributed by atoms with van der Waals surface area (Å²) >= 11 is 0. The first kappa shape index (κ1) is 12.3. The van der Waals surface area contributed by atoms with Crippen LogP contribution in [-0.4, -0.2) is 4.57 Å². The van der Waals surface area contributed by atoms with Crippen molar-refractivity contribution in [2.45, 2.75) is 54.0 Å². The molecule has 1 nitrogen and oxygen atoms in total. The van der Waals surface area contributed by atoms with Crippen molar-refractivity contribution in [2.75, 3.05) is 0 Å². The molecular weight excluding hydrogens is 158 g/mol. The van der Waals surface area contributed by atoms with E-state index in [1.54, 1.807) is 0 Å². The molecule has 1 aromatic heterocycles. The van der Waals surface area contributed by atoms with E-state index in [0.717, 1.165) is 13.0 Å². The van der Waals surface area contributed by atoms with Gasteiger partial charge in [-0.15, -0.1) is 0 Å². The van der Waals surface area contributed by atoms with E-state index in [-0.39, 0.29) is 0 Å². The molecule has 0 atom stereocenters. The molecule has 0 aliphatic carbocycles. The van der Waals surface area contributed by atoms with E-state index in [9.17, 15) is 0 Å². The van der Waals surface area contributed by atoms with E-state index in [0.29, 0.717) is 0 Å². The average molecular weight is 181 g/mol. The van der Waals surface area contributed by atoms with Gasteiger partial charge in [0.25, 0.3) is 0 Å². The van der Waals surface area contributed by atoms with Crippen LogP contribution in [0.5, 0.6) is 0 Å². The van der Waals surface area contributed by atoms with Crippen molar-refractivity contribution in [1.29, 1.82) is 0 Å². The predicted molar refractivity (Wildman–Crippen MR) is 60.2 cm³/mol. The lowest BCUT2D eigenvalue weighted by atomic mass is 10.3. The first-order valence-electron chi connectivity index (χ1n) is 5.35. The van der Waals surface area contributed by atoms with Gasteiger partial charge < -0.3 is 4.57 Å². The van der Waals surface area contributed by atoms with Crippen molar-refractivity contribution in [3.63, 3.8) is 0 Å². The number of nitrogens with zero attached hydrogens (tertiary/aromatic N) is 1. The minimum absolute atomic E-state index is 1.09. The zero-order valence-corrected chi connectivity index (χ0v) is 9.72. The monoisotopic (exact) mass is 181 g/mol. The Hall–Kier alpha value is -0.720. The van der Waals surface area contributed by atoms with Gasteiger partial charge in [0, 0.05) is 18.4 Å². The molecular formula is C12H23N. The Labute approximate surface area is 82.8 Å². The molecule has 0 radical (unpaired) electrons. The van der Waals surface area contributed by atoms with Crippen LogP contribution >= 0.6 is 0 Å². The fraction of sp³-hybridized carbons (Fsp3) is 0.667. The molecule has 0 spiro atoms. The van der Waals surface area contributed by atoms with E-state index in [4.69, 9.17) is 0 Å². The maximum Gasteiger partial charge on any atom is 0.0193 e. The Kier molecular flexibility index (Phi) is 6.38. The van der Waals surface area contributed by atoms with Crippen LogP contribution < -0.4 is 0 Å². The van der Waals surface area contributed by atoms with Crippen molar-refractivity contribution in [1.82, 2.24) is 4.57 Å². The van der Waals surface area contributed by atoms with Crippen LogP contribution in [0.15, 0.2) is 12.3 Å². The van der Waals surface area contributed by atoms with Gasteiger partial charge in [0.1, 0.15) is 0 Å². The first-order chi connectivity index (χ1) is 6.19. The fourth-order valence-corrected chi connectivity index (χ4v) is 1.31. The highest BCUT2D eigenvalue weighted by molar-refractivity contribution is 5.16. The Morgan fingerprint density at radius 2 is 1.69 bits per heavy atom. The molecule has 1 heterocycles. The highest BCUT2D eigenvalue weighted by Gasteiger charge is 1.97. The molecule has 0 saturated carbocycles. The highest BCUT2D eigenvalue weighted by Crippen LogP contribution is 2.07. The van der Waals surface area contributed by atoms with Crippen LogP contribution in [0, 0.1) is 6.92 Å². The molecule has 1 heteroatoms. The van der Waals surface area contributed by atoms with Gasteiger partial charge in [-0.2, -0.15) is 0 Å². The first-order valence-corrected chi connectivity index (χ1v) is 5.35. The molecule has 0 N–H and O–H groups in total. The van der Waals surface area contributed by atoms with Gasteiger partial charge in [-0.05, 0) is 31.9 Å². The molecule has 0 saturated heterocycles. The van der Waals surface area contributed by atoms with Crippen LogP contribution in [-0.2, 0) is 13.0 Å². The standard InChI is InChI=1S/C9H15N.C3H8/c1-4-9-6-8(3)7-10(9)5-2;1-3-2/h6-7H,4-5H2,1-3H3;3H2,1-2H3. The third-order valence-electron chi connectivity index (χ3n) is 1.83. The molecule has 0 aromatic carbocycles. The molecule has 0 fully saturated rings. The van der Waals surface area contributed by atoms with Gasteiger partial charge in [-0.3, -0.25) is 0 Å². The second-order valence-electron chi connectivity index (χ2n) is 3.36. The predicted octanol–water partition coefficient (Wildman–Crippen LogP) is 3.80. The van der Waals surface area contributed by atoms with E-state index >= 15 is 0 Å². The normalized spacial score (nSPS) is 9.31. The highest BCUT2D eigenvalue weighted by atomic mass is 15.0. The molecule has 0 bridgehead atoms. The summed E-state index contributed by atoms with van der Waals surface area (Å²) in [7, 11) is 0. The maximum absolute atomic E-state index is 2.30. The van der Waals surface area contributed by atoms with Crippen LogP contribution in [0.2, 0.25) is 0 Å². The van der Waals surface area contributed by atoms with Crippen molar-refractivity contribution in [3.05, 3.63) is 23.5 Å². The van der Waals surface area contributed by atoms with E-state index in [1.165, 1.54) is 17.7 Å². The van der Waals surface area contributed by atoms with Crippen LogP contribution in [0.1, 0.15) is 45.4 Å². The Morgan fingerprint density at radius 3 is 2.00 bits per heavy atom. The van der Waals surface area contributed by atoms with Crippen LogP contribution in [0.4, 0.5) is 0 Å². The molecule has 1 aromatic rings. The van der Waals surface area contributed by atoms with Crippen LogP contribution in [0.3, 0.4) is 0 Å². The van der Waals surface area contributed by atoms with Gasteiger partial charge in [-0.1, -0.05) is 27.2 Å². The zero-order valence-electron chi connectivity index (χ0n) is 9.72. The number of aryl methyl sites for hydroxylation is 3. The van der Waals surface area contributed by atoms with Crippen molar-refractivity contribution < 1.29 is 0 Å². The zero-order chi connectivity index (χ0) is 10.3. The second-order valence-corrected chi connectivity index (χ2v) is 3.36. The SMILES string of the molecule is CCC.CCc1cc(C)cn1CC. The summed E-state index contributed by atoms with van der Waals surface area (Å²) in [5, 5.41) is 0. The number of hydrogen-bond donors (Lipinski definition) is 0. The van der Waals surface area contributed by atoms with Crippen molar-refractivity contribution in [2.24, 2.45) is 0 Å². The quantitative estimate of drug-likeness (QED) is 0.654. The maximum atomic E-state index is 2.30. The third kappa shape index (κ3) is 4.16. The molecule has 0 aliphatic heterocycles. The summed E-state index contributed by atoms with van der Waals surface area (Å²) < 4.78 is 2.30. The van der Waals surface area contributed by atoms with Gasteiger partial charge in [0.15, 0.2) is 0 Å². The largest absolute Gasteiger partial charge is 0.351 e. The molecule has 13 heavy (non-hydrogen) atoms. The van der Waals surface area contributed by atoms with E-state index < -0.39 is 0 Å². The molecule has 0 aliphatic rings. The van der Waals surface area contributed by atoms with Crippen molar-refractivity contribution in [3.8, 4) is 0 Å². The fourth-order valence-electron chi connectivity index (χ4n) is 1.31. The summed E-state index contributed by atoms with van der Waals surface area (Å²) in [5.41, 5.74) is 2.82. The van der Waals surface area contributed by atoms with Gasteiger partial charge >= 0.3 is 0 Å². The lowest BCUT2D eigenvalue weighted by molar-refractivity contribution is 0.721. The summed E-state index contributed by atoms with van der Waals surface area (Å²) in [4.78, 5) is 0. The van der Waals surface area contributed by atoms with Gasteiger partial charge in [-0.25, -0.2) is 0 Å². The topological polar surface area (TPSA) is 4.93 Å². The average Bonchev–Trinajstić information content (AvgIpc) is 2.47. The third-order valence-corrected chi connectivity index (χ3v) is 1.83. The smallest absolute Gasteiger partial charge is 0.0193 e. The van der Waals surface area contributed by atoms with Crippen LogP contribution in [0.25, 0.3) is 0 Å². The number of aromatic nitrogens is 1. The molecule has 1 rings (SSSR count). The molecule has 0 amide bonds. The lowest BCUT2D eigenvalue weighted by Gasteiger charge is -2.01. The molecule has 76 valence electrons. The minimum atomic E-state index is 1.09. The summed E-state index contributed by atoms with van der Waals surface area (Å²) in [6.07, 6.45) is 4.60. The summed E-state index contributed by atoms with van der Waals surface area (Å²) in [6.45, 7) is 11.9. The lowest BCUT2D eigenvalue weighted by Crippen LogP contribution is -1.96. The van der Waals surface area contributed by atoms with Gasteiger partial charge in [0.2, 0.25) is 0 Å². The van der Waals surface area contributed by atoms with E-state index in [1.807, 2.05) is 0 Å². The second kappa shape index (κ2) is 6.76. The summed E-state index contributed by atoms with van der Waals surface area (Å²) in [6, 6.07) is 2.25. The van der Waals surface area contributed by atoms with Crippen molar-refractivity contribution >= 4 is 0 Å². The number of hydrogen-bond acceptors (Lipinski definition) is 0. The Balaban J connectivity index is 0.000000424. The molecule has 0 unspecified atom stereocenters. The Bertz CT molecular complexity index is 202. The number of rotatable bonds is 2. The van der Waals surface area contributed by atoms with E-state index in [2.05, 4.69) is 51.4 Å².